The summed E-state index contributed by atoms with van der Waals surface area (Å²) >= 11 is 0. The third kappa shape index (κ3) is 4.60. The molecule has 3 N–H and O–H groups in total. The standard InChI is InChI=1S/C11H20N2O4/c1-8(10(15)16)4-5-12-11(17)13(6-7-14)9-2-3-9/h8-9,14H,2-7H2,1H3,(H,12,17)(H,15,16). The Kier molecular flexibility index (Phi) is 5.21. The summed E-state index contributed by atoms with van der Waals surface area (Å²) in [5.74, 6) is -1.31. The number of carboxylic acid groups (broad SMARTS) is 1. The van der Waals surface area contributed by atoms with Gasteiger partial charge in [-0.15, -0.1) is 0 Å². The minimum absolute atomic E-state index is 0.0462. The first-order chi connectivity index (χ1) is 8.06. The number of nitrogens with zero attached hydrogens (tertiary/aromatic N) is 1. The molecule has 6 nitrogen and oxygen atoms in total. The zero-order chi connectivity index (χ0) is 12.8. The van der Waals surface area contributed by atoms with Crippen LogP contribution < -0.4 is 5.32 Å². The van der Waals surface area contributed by atoms with Gasteiger partial charge in [-0.1, -0.05) is 6.92 Å². The van der Waals surface area contributed by atoms with Gasteiger partial charge in [0.05, 0.1) is 12.5 Å². The second-order valence-corrected chi connectivity index (χ2v) is 4.41. The molecule has 0 radical (unpaired) electrons. The number of aliphatic hydroxyl groups excluding tert-OH is 1. The van der Waals surface area contributed by atoms with Gasteiger partial charge in [0.1, 0.15) is 0 Å². The van der Waals surface area contributed by atoms with Crippen LogP contribution in [-0.4, -0.2) is 52.9 Å². The van der Waals surface area contributed by atoms with Crippen LogP contribution in [0, 0.1) is 5.92 Å². The second-order valence-electron chi connectivity index (χ2n) is 4.41. The fraction of sp³-hybridized carbons (Fsp3) is 0.818. The number of hydrogen-bond acceptors (Lipinski definition) is 3. The minimum Gasteiger partial charge on any atom is -0.481 e. The Hall–Kier alpha value is -1.30. The van der Waals surface area contributed by atoms with Crippen LogP contribution in [0.2, 0.25) is 0 Å². The van der Waals surface area contributed by atoms with Crippen molar-refractivity contribution >= 4 is 12.0 Å². The molecule has 1 aliphatic rings. The van der Waals surface area contributed by atoms with Gasteiger partial charge in [0.2, 0.25) is 0 Å². The molecule has 0 aromatic rings. The Morgan fingerprint density at radius 3 is 2.59 bits per heavy atom. The molecule has 1 atom stereocenters. The number of urea groups is 1. The lowest BCUT2D eigenvalue weighted by Gasteiger charge is -2.22. The summed E-state index contributed by atoms with van der Waals surface area (Å²) in [6.07, 6.45) is 2.39. The van der Waals surface area contributed by atoms with Crippen molar-refractivity contribution < 1.29 is 19.8 Å². The van der Waals surface area contributed by atoms with Gasteiger partial charge in [-0.2, -0.15) is 0 Å². The minimum atomic E-state index is -0.853. The fourth-order valence-corrected chi connectivity index (χ4v) is 1.56. The van der Waals surface area contributed by atoms with E-state index in [0.29, 0.717) is 19.5 Å². The van der Waals surface area contributed by atoms with Crippen molar-refractivity contribution in [1.82, 2.24) is 10.2 Å². The van der Waals surface area contributed by atoms with Crippen LogP contribution in [0.25, 0.3) is 0 Å². The highest BCUT2D eigenvalue weighted by Crippen LogP contribution is 2.26. The summed E-state index contributed by atoms with van der Waals surface area (Å²) < 4.78 is 0. The average Bonchev–Trinajstić information content (AvgIpc) is 3.09. The smallest absolute Gasteiger partial charge is 0.317 e. The molecule has 17 heavy (non-hydrogen) atoms. The number of carbonyl (C=O) groups is 2. The maximum Gasteiger partial charge on any atom is 0.317 e. The number of amides is 2. The van der Waals surface area contributed by atoms with E-state index in [1.807, 2.05) is 0 Å². The van der Waals surface area contributed by atoms with Crippen LogP contribution in [0.3, 0.4) is 0 Å². The van der Waals surface area contributed by atoms with Gasteiger partial charge in [0, 0.05) is 19.1 Å². The predicted molar refractivity (Wildman–Crippen MR) is 61.6 cm³/mol. The van der Waals surface area contributed by atoms with E-state index < -0.39 is 11.9 Å². The molecular formula is C11H20N2O4. The zero-order valence-electron chi connectivity index (χ0n) is 10.1. The van der Waals surface area contributed by atoms with Gasteiger partial charge in [0.15, 0.2) is 0 Å². The predicted octanol–water partition coefficient (Wildman–Crippen LogP) is 0.263. The molecule has 0 aromatic carbocycles. The molecule has 1 aliphatic carbocycles. The van der Waals surface area contributed by atoms with Crippen molar-refractivity contribution in [3.63, 3.8) is 0 Å². The van der Waals surface area contributed by atoms with E-state index in [1.165, 1.54) is 0 Å². The Balaban J connectivity index is 2.25. The van der Waals surface area contributed by atoms with E-state index in [9.17, 15) is 9.59 Å². The van der Waals surface area contributed by atoms with Crippen molar-refractivity contribution in [1.29, 1.82) is 0 Å². The van der Waals surface area contributed by atoms with Crippen LogP contribution in [0.4, 0.5) is 4.79 Å². The van der Waals surface area contributed by atoms with Crippen molar-refractivity contribution in [2.45, 2.75) is 32.2 Å². The molecule has 2 amide bonds. The number of nitrogens with one attached hydrogen (secondary N) is 1. The van der Waals surface area contributed by atoms with Crippen LogP contribution >= 0.6 is 0 Å². The molecule has 1 unspecified atom stereocenters. The zero-order valence-corrected chi connectivity index (χ0v) is 10.1. The Bertz CT molecular complexity index is 279. The number of rotatable bonds is 7. The molecule has 0 saturated heterocycles. The second kappa shape index (κ2) is 6.44. The molecular weight excluding hydrogens is 224 g/mol. The maximum atomic E-state index is 11.7. The summed E-state index contributed by atoms with van der Waals surface area (Å²) in [6.45, 7) is 2.25. The summed E-state index contributed by atoms with van der Waals surface area (Å²) in [6, 6.07) is 0.0400. The van der Waals surface area contributed by atoms with Crippen molar-refractivity contribution in [3.8, 4) is 0 Å². The molecule has 1 fully saturated rings. The van der Waals surface area contributed by atoms with Gasteiger partial charge in [0.25, 0.3) is 0 Å². The summed E-state index contributed by atoms with van der Waals surface area (Å²) in [4.78, 5) is 23.9. The number of aliphatic hydroxyl groups is 1. The van der Waals surface area contributed by atoms with Gasteiger partial charge in [-0.3, -0.25) is 4.79 Å². The summed E-state index contributed by atoms with van der Waals surface area (Å²) in [5, 5.41) is 20.2. The third-order valence-corrected chi connectivity index (χ3v) is 2.86. The van der Waals surface area contributed by atoms with E-state index >= 15 is 0 Å². The van der Waals surface area contributed by atoms with E-state index in [-0.39, 0.29) is 18.7 Å². The van der Waals surface area contributed by atoms with Crippen LogP contribution in [0.5, 0.6) is 0 Å². The summed E-state index contributed by atoms with van der Waals surface area (Å²) in [5.41, 5.74) is 0. The monoisotopic (exact) mass is 244 g/mol. The first-order valence-electron chi connectivity index (χ1n) is 5.94. The topological polar surface area (TPSA) is 89.9 Å². The van der Waals surface area contributed by atoms with Crippen molar-refractivity contribution in [2.75, 3.05) is 19.7 Å². The van der Waals surface area contributed by atoms with Crippen LogP contribution in [-0.2, 0) is 4.79 Å². The number of carbonyl (C=O) groups excluding carboxylic acids is 1. The van der Waals surface area contributed by atoms with Gasteiger partial charge in [-0.05, 0) is 19.3 Å². The lowest BCUT2D eigenvalue weighted by molar-refractivity contribution is -0.141. The molecule has 6 heteroatoms. The van der Waals surface area contributed by atoms with E-state index in [0.717, 1.165) is 12.8 Å². The Labute approximate surface area is 101 Å². The molecule has 1 rings (SSSR count). The van der Waals surface area contributed by atoms with E-state index in [2.05, 4.69) is 5.32 Å². The molecule has 0 aromatic heterocycles. The first kappa shape index (κ1) is 13.8. The van der Waals surface area contributed by atoms with Gasteiger partial charge < -0.3 is 20.4 Å². The normalized spacial score (nSPS) is 16.4. The Morgan fingerprint density at radius 1 is 1.47 bits per heavy atom. The fourth-order valence-electron chi connectivity index (χ4n) is 1.56. The van der Waals surface area contributed by atoms with Crippen LogP contribution in [0.1, 0.15) is 26.2 Å². The van der Waals surface area contributed by atoms with Gasteiger partial charge >= 0.3 is 12.0 Å². The molecule has 0 spiro atoms. The van der Waals surface area contributed by atoms with Crippen molar-refractivity contribution in [2.24, 2.45) is 5.92 Å². The number of aliphatic carboxylic acids is 1. The lowest BCUT2D eigenvalue weighted by atomic mass is 10.1. The van der Waals surface area contributed by atoms with Crippen molar-refractivity contribution in [3.05, 3.63) is 0 Å². The molecule has 1 saturated carbocycles. The first-order valence-corrected chi connectivity index (χ1v) is 5.94. The highest BCUT2D eigenvalue weighted by Gasteiger charge is 2.31. The lowest BCUT2D eigenvalue weighted by Crippen LogP contribution is -2.43. The van der Waals surface area contributed by atoms with Crippen LogP contribution in [0.15, 0.2) is 0 Å². The number of hydrogen-bond donors (Lipinski definition) is 3. The largest absolute Gasteiger partial charge is 0.481 e. The molecule has 0 aliphatic heterocycles. The maximum absolute atomic E-state index is 11.7. The highest BCUT2D eigenvalue weighted by atomic mass is 16.4. The van der Waals surface area contributed by atoms with Gasteiger partial charge in [-0.25, -0.2) is 4.79 Å². The molecule has 0 bridgehead atoms. The molecule has 0 heterocycles. The number of carboxylic acids is 1. The van der Waals surface area contributed by atoms with E-state index in [1.54, 1.807) is 11.8 Å². The SMILES string of the molecule is CC(CCNC(=O)N(CCO)C1CC1)C(=O)O. The van der Waals surface area contributed by atoms with E-state index in [4.69, 9.17) is 10.2 Å². The third-order valence-electron chi connectivity index (χ3n) is 2.86. The average molecular weight is 244 g/mol. The summed E-state index contributed by atoms with van der Waals surface area (Å²) in [7, 11) is 0. The molecule has 98 valence electrons. The highest BCUT2D eigenvalue weighted by molar-refractivity contribution is 5.75. The quantitative estimate of drug-likeness (QED) is 0.599. The Morgan fingerprint density at radius 2 is 2.12 bits per heavy atom.